The zero-order chi connectivity index (χ0) is 12.0. The summed E-state index contributed by atoms with van der Waals surface area (Å²) in [5.74, 6) is -0.954. The second kappa shape index (κ2) is 6.44. The molecule has 1 heterocycles. The molecule has 4 N–H and O–H groups in total. The summed E-state index contributed by atoms with van der Waals surface area (Å²) in [6.45, 7) is 2.02. The fourth-order valence-corrected chi connectivity index (χ4v) is 1.69. The van der Waals surface area contributed by atoms with Crippen molar-refractivity contribution in [2.45, 2.75) is 25.4 Å². The minimum absolute atomic E-state index is 0.0456. The Hall–Kier alpha value is -1.14. The molecule has 6 nitrogen and oxygen atoms in total. The minimum Gasteiger partial charge on any atom is -0.479 e. The number of rotatable bonds is 6. The Labute approximate surface area is 94.0 Å². The Morgan fingerprint density at radius 2 is 2.25 bits per heavy atom. The predicted molar refractivity (Wildman–Crippen MR) is 56.9 cm³/mol. The molecule has 92 valence electrons. The molecule has 16 heavy (non-hydrogen) atoms. The second-order valence-electron chi connectivity index (χ2n) is 4.06. The topological polar surface area (TPSA) is 98.7 Å². The molecular formula is C10H18N2O4. The van der Waals surface area contributed by atoms with Gasteiger partial charge in [0, 0.05) is 19.4 Å². The molecular weight excluding hydrogens is 212 g/mol. The molecule has 1 aliphatic heterocycles. The van der Waals surface area contributed by atoms with Crippen LogP contribution in [0.3, 0.4) is 0 Å². The molecule has 0 aromatic rings. The molecule has 0 bridgehead atoms. The Morgan fingerprint density at radius 3 is 2.81 bits per heavy atom. The van der Waals surface area contributed by atoms with Gasteiger partial charge in [-0.15, -0.1) is 0 Å². The second-order valence-corrected chi connectivity index (χ2v) is 4.06. The van der Waals surface area contributed by atoms with Crippen LogP contribution in [0.25, 0.3) is 0 Å². The van der Waals surface area contributed by atoms with Crippen LogP contribution in [0, 0.1) is 5.92 Å². The van der Waals surface area contributed by atoms with Gasteiger partial charge in [-0.3, -0.25) is 4.79 Å². The van der Waals surface area contributed by atoms with Crippen LogP contribution in [0.1, 0.15) is 19.3 Å². The van der Waals surface area contributed by atoms with Crippen molar-refractivity contribution < 1.29 is 19.8 Å². The Balaban J connectivity index is 2.08. The van der Waals surface area contributed by atoms with E-state index in [0.717, 1.165) is 19.5 Å². The van der Waals surface area contributed by atoms with Crippen molar-refractivity contribution in [2.24, 2.45) is 5.92 Å². The summed E-state index contributed by atoms with van der Waals surface area (Å²) in [6, 6.07) is 0. The Kier molecular flexibility index (Phi) is 5.21. The van der Waals surface area contributed by atoms with Crippen molar-refractivity contribution in [1.82, 2.24) is 10.6 Å². The van der Waals surface area contributed by atoms with Crippen molar-refractivity contribution in [3.63, 3.8) is 0 Å². The number of amides is 1. The maximum atomic E-state index is 11.4. The van der Waals surface area contributed by atoms with Gasteiger partial charge in [-0.2, -0.15) is 0 Å². The monoisotopic (exact) mass is 230 g/mol. The van der Waals surface area contributed by atoms with Crippen LogP contribution in [0.2, 0.25) is 0 Å². The van der Waals surface area contributed by atoms with Gasteiger partial charge in [0.25, 0.3) is 0 Å². The third kappa shape index (κ3) is 4.59. The van der Waals surface area contributed by atoms with Gasteiger partial charge in [0.15, 0.2) is 6.10 Å². The van der Waals surface area contributed by atoms with Gasteiger partial charge >= 0.3 is 5.97 Å². The van der Waals surface area contributed by atoms with Crippen LogP contribution < -0.4 is 10.6 Å². The fourth-order valence-electron chi connectivity index (χ4n) is 1.69. The maximum Gasteiger partial charge on any atom is 0.332 e. The van der Waals surface area contributed by atoms with Crippen molar-refractivity contribution in [2.75, 3.05) is 19.6 Å². The zero-order valence-corrected chi connectivity index (χ0v) is 9.11. The van der Waals surface area contributed by atoms with Gasteiger partial charge in [-0.05, 0) is 25.4 Å². The number of carboxylic acids is 1. The molecule has 1 saturated heterocycles. The highest BCUT2D eigenvalue weighted by Gasteiger charge is 2.18. The summed E-state index contributed by atoms with van der Waals surface area (Å²) in [4.78, 5) is 21.7. The Morgan fingerprint density at radius 1 is 1.50 bits per heavy atom. The average Bonchev–Trinajstić information content (AvgIpc) is 2.70. The van der Waals surface area contributed by atoms with Crippen molar-refractivity contribution in [3.05, 3.63) is 0 Å². The molecule has 0 aliphatic carbocycles. The van der Waals surface area contributed by atoms with E-state index in [0.29, 0.717) is 12.3 Å². The van der Waals surface area contributed by atoms with Crippen LogP contribution in [0.5, 0.6) is 0 Å². The van der Waals surface area contributed by atoms with Gasteiger partial charge in [-0.1, -0.05) is 0 Å². The highest BCUT2D eigenvalue weighted by Crippen LogP contribution is 2.11. The van der Waals surface area contributed by atoms with Crippen molar-refractivity contribution in [3.8, 4) is 0 Å². The van der Waals surface area contributed by atoms with E-state index in [2.05, 4.69) is 10.6 Å². The van der Waals surface area contributed by atoms with E-state index in [9.17, 15) is 9.59 Å². The molecule has 2 atom stereocenters. The molecule has 0 aromatic heterocycles. The minimum atomic E-state index is -1.39. The van der Waals surface area contributed by atoms with Gasteiger partial charge in [0.1, 0.15) is 0 Å². The lowest BCUT2D eigenvalue weighted by Gasteiger charge is -2.10. The quantitative estimate of drug-likeness (QED) is 0.466. The van der Waals surface area contributed by atoms with Gasteiger partial charge in [-0.25, -0.2) is 4.79 Å². The van der Waals surface area contributed by atoms with Crippen LogP contribution in [0.4, 0.5) is 0 Å². The largest absolute Gasteiger partial charge is 0.479 e. The van der Waals surface area contributed by atoms with E-state index in [1.807, 2.05) is 0 Å². The highest BCUT2D eigenvalue weighted by molar-refractivity contribution is 5.76. The molecule has 0 aromatic carbocycles. The first-order valence-corrected chi connectivity index (χ1v) is 5.48. The van der Waals surface area contributed by atoms with Gasteiger partial charge in [0.05, 0.1) is 0 Å². The third-order valence-electron chi connectivity index (χ3n) is 2.66. The molecule has 6 heteroatoms. The average molecular weight is 230 g/mol. The van der Waals surface area contributed by atoms with Crippen molar-refractivity contribution >= 4 is 11.9 Å². The lowest BCUT2D eigenvalue weighted by molar-refractivity contribution is -0.147. The number of carbonyl (C=O) groups excluding carboxylic acids is 1. The number of carboxylic acid groups (broad SMARTS) is 1. The van der Waals surface area contributed by atoms with Crippen LogP contribution >= 0.6 is 0 Å². The number of nitrogens with one attached hydrogen (secondary N) is 2. The van der Waals surface area contributed by atoms with Gasteiger partial charge < -0.3 is 20.8 Å². The number of aliphatic carboxylic acids is 1. The first-order valence-electron chi connectivity index (χ1n) is 5.48. The molecule has 1 rings (SSSR count). The number of aliphatic hydroxyl groups is 1. The molecule has 0 radical (unpaired) electrons. The normalized spacial score (nSPS) is 21.7. The Bertz CT molecular complexity index is 251. The third-order valence-corrected chi connectivity index (χ3v) is 2.66. The fraction of sp³-hybridized carbons (Fsp3) is 0.800. The SMILES string of the molecule is O=C(CC1CCNC1)NCCC(O)C(=O)O. The zero-order valence-electron chi connectivity index (χ0n) is 9.11. The summed E-state index contributed by atoms with van der Waals surface area (Å²) in [5, 5.41) is 23.1. The lowest BCUT2D eigenvalue weighted by Crippen LogP contribution is -2.31. The maximum absolute atomic E-state index is 11.4. The van der Waals surface area contributed by atoms with Crippen LogP contribution in [0.15, 0.2) is 0 Å². The summed E-state index contributed by atoms with van der Waals surface area (Å²) < 4.78 is 0. The van der Waals surface area contributed by atoms with E-state index >= 15 is 0 Å². The lowest BCUT2D eigenvalue weighted by atomic mass is 10.0. The first-order chi connectivity index (χ1) is 7.59. The van der Waals surface area contributed by atoms with Gasteiger partial charge in [0.2, 0.25) is 5.91 Å². The molecule has 1 aliphatic rings. The summed E-state index contributed by atoms with van der Waals surface area (Å²) >= 11 is 0. The van der Waals surface area contributed by atoms with E-state index in [1.54, 1.807) is 0 Å². The predicted octanol–water partition coefficient (Wildman–Crippen LogP) is -1.06. The summed E-state index contributed by atoms with van der Waals surface area (Å²) in [7, 11) is 0. The number of hydrogen-bond acceptors (Lipinski definition) is 4. The first kappa shape index (κ1) is 12.9. The van der Waals surface area contributed by atoms with Crippen LogP contribution in [-0.2, 0) is 9.59 Å². The van der Waals surface area contributed by atoms with Crippen LogP contribution in [-0.4, -0.2) is 47.8 Å². The van der Waals surface area contributed by atoms with Crippen molar-refractivity contribution in [1.29, 1.82) is 0 Å². The van der Waals surface area contributed by atoms with E-state index in [4.69, 9.17) is 10.2 Å². The molecule has 0 saturated carbocycles. The highest BCUT2D eigenvalue weighted by atomic mass is 16.4. The summed E-state index contributed by atoms with van der Waals surface area (Å²) in [5.41, 5.74) is 0. The number of carbonyl (C=O) groups is 2. The number of aliphatic hydroxyl groups excluding tert-OH is 1. The standard InChI is InChI=1S/C10H18N2O4/c13-8(10(15)16)2-4-12-9(14)5-7-1-3-11-6-7/h7-8,11,13H,1-6H2,(H,12,14)(H,15,16). The molecule has 1 fully saturated rings. The smallest absolute Gasteiger partial charge is 0.332 e. The molecule has 1 amide bonds. The number of hydrogen-bond donors (Lipinski definition) is 4. The summed E-state index contributed by atoms with van der Waals surface area (Å²) in [6.07, 6.45) is 0.124. The molecule has 0 spiro atoms. The molecule has 2 unspecified atom stereocenters. The van der Waals surface area contributed by atoms with E-state index in [-0.39, 0.29) is 18.9 Å². The van der Waals surface area contributed by atoms with E-state index < -0.39 is 12.1 Å². The van der Waals surface area contributed by atoms with E-state index in [1.165, 1.54) is 0 Å².